The van der Waals surface area contributed by atoms with Crippen molar-refractivity contribution < 1.29 is 19.7 Å². The lowest BCUT2D eigenvalue weighted by molar-refractivity contribution is 0.169. The quantitative estimate of drug-likeness (QED) is 0.416. The molecule has 0 aliphatic heterocycles. The van der Waals surface area contributed by atoms with E-state index in [1.54, 1.807) is 14.2 Å². The van der Waals surface area contributed by atoms with Crippen LogP contribution in [0.1, 0.15) is 22.3 Å². The van der Waals surface area contributed by atoms with E-state index in [0.29, 0.717) is 18.0 Å². The van der Waals surface area contributed by atoms with Gasteiger partial charge in [0, 0.05) is 12.1 Å². The van der Waals surface area contributed by atoms with Crippen molar-refractivity contribution in [3.8, 4) is 22.6 Å². The summed E-state index contributed by atoms with van der Waals surface area (Å²) in [4.78, 5) is 0. The summed E-state index contributed by atoms with van der Waals surface area (Å²) in [5.41, 5.74) is 6.56. The number of nitrogens with one attached hydrogen (secondary N) is 1. The second-order valence-electron chi connectivity index (χ2n) is 7.57. The Morgan fingerprint density at radius 3 is 2.12 bits per heavy atom. The molecule has 0 heterocycles. The number of rotatable bonds is 10. The van der Waals surface area contributed by atoms with Crippen LogP contribution < -0.4 is 14.8 Å². The molecule has 168 valence electrons. The molecule has 3 aromatic rings. The fourth-order valence-corrected chi connectivity index (χ4v) is 3.66. The second kappa shape index (κ2) is 11.5. The van der Waals surface area contributed by atoms with Crippen LogP contribution in [-0.2, 0) is 6.54 Å². The van der Waals surface area contributed by atoms with Crippen molar-refractivity contribution in [2.24, 2.45) is 0 Å². The van der Waals surface area contributed by atoms with Gasteiger partial charge in [-0.3, -0.25) is 0 Å². The molecule has 0 aliphatic rings. The van der Waals surface area contributed by atoms with E-state index < -0.39 is 6.04 Å². The van der Waals surface area contributed by atoms with Gasteiger partial charge in [-0.05, 0) is 46.9 Å². The summed E-state index contributed by atoms with van der Waals surface area (Å²) >= 11 is 0. The normalized spacial score (nSPS) is 11.3. The van der Waals surface area contributed by atoms with Gasteiger partial charge in [0.15, 0.2) is 0 Å². The van der Waals surface area contributed by atoms with Crippen LogP contribution in [0.25, 0.3) is 23.3 Å². The van der Waals surface area contributed by atoms with Gasteiger partial charge in [0.2, 0.25) is 0 Å². The van der Waals surface area contributed by atoms with Crippen LogP contribution in [0.5, 0.6) is 11.5 Å². The molecule has 3 N–H and O–H groups in total. The Labute approximate surface area is 190 Å². The van der Waals surface area contributed by atoms with Gasteiger partial charge >= 0.3 is 0 Å². The summed E-state index contributed by atoms with van der Waals surface area (Å²) in [6.45, 7) is 2.24. The first-order valence-electron chi connectivity index (χ1n) is 10.6. The van der Waals surface area contributed by atoms with Gasteiger partial charge in [-0.1, -0.05) is 60.7 Å². The van der Waals surface area contributed by atoms with Gasteiger partial charge in [-0.25, -0.2) is 0 Å². The number of methoxy groups -OCH3 is 2. The van der Waals surface area contributed by atoms with Crippen LogP contribution in [-0.4, -0.2) is 43.7 Å². The third kappa shape index (κ3) is 5.56. The highest BCUT2D eigenvalue weighted by Crippen LogP contribution is 2.32. The highest BCUT2D eigenvalue weighted by molar-refractivity contribution is 5.78. The number of aliphatic hydroxyl groups is 2. The first kappa shape index (κ1) is 23.5. The van der Waals surface area contributed by atoms with Gasteiger partial charge in [-0.15, -0.1) is 0 Å². The lowest BCUT2D eigenvalue weighted by Gasteiger charge is -2.18. The van der Waals surface area contributed by atoms with E-state index in [2.05, 4.69) is 60.8 Å². The summed E-state index contributed by atoms with van der Waals surface area (Å²) < 4.78 is 11.2. The fraction of sp³-hybridized carbons (Fsp3) is 0.259. The standard InChI is InChI=1S/C27H31NO4/c1-19-21(10-7-11-24(19)22-8-5-4-6-9-22)13-12-20-14-26(31-2)25(27(15-20)32-3)16-28-23(17-29)18-30/h4-15,23,28-30H,16-18H2,1-3H3/b13-12+. The SMILES string of the molecule is COc1cc(/C=C/c2cccc(-c3ccccc3)c2C)cc(OC)c1CNC(CO)CO. The molecule has 3 rings (SSSR count). The number of ether oxygens (including phenoxy) is 2. The molecule has 0 bridgehead atoms. The molecule has 0 fully saturated rings. The minimum absolute atomic E-state index is 0.149. The van der Waals surface area contributed by atoms with Crippen LogP contribution in [0.3, 0.4) is 0 Å². The molecule has 0 saturated heterocycles. The lowest BCUT2D eigenvalue weighted by atomic mass is 9.96. The summed E-state index contributed by atoms with van der Waals surface area (Å²) in [5.74, 6) is 1.36. The first-order chi connectivity index (χ1) is 15.6. The molecule has 5 heteroatoms. The average Bonchev–Trinajstić information content (AvgIpc) is 2.84. The third-order valence-corrected chi connectivity index (χ3v) is 5.55. The summed E-state index contributed by atoms with van der Waals surface area (Å²) in [6.07, 6.45) is 4.14. The molecule has 0 radical (unpaired) electrons. The lowest BCUT2D eigenvalue weighted by Crippen LogP contribution is -2.35. The fourth-order valence-electron chi connectivity index (χ4n) is 3.66. The number of hydrogen-bond donors (Lipinski definition) is 3. The maximum absolute atomic E-state index is 9.30. The molecule has 3 aromatic carbocycles. The zero-order chi connectivity index (χ0) is 22.9. The molecular weight excluding hydrogens is 402 g/mol. The molecule has 0 atom stereocenters. The molecular formula is C27H31NO4. The minimum Gasteiger partial charge on any atom is -0.496 e. The van der Waals surface area contributed by atoms with Crippen molar-refractivity contribution in [3.63, 3.8) is 0 Å². The van der Waals surface area contributed by atoms with E-state index in [-0.39, 0.29) is 13.2 Å². The van der Waals surface area contributed by atoms with E-state index in [4.69, 9.17) is 9.47 Å². The molecule has 5 nitrogen and oxygen atoms in total. The maximum atomic E-state index is 9.30. The largest absolute Gasteiger partial charge is 0.496 e. The molecule has 0 saturated carbocycles. The highest BCUT2D eigenvalue weighted by atomic mass is 16.5. The van der Waals surface area contributed by atoms with Crippen LogP contribution in [0, 0.1) is 6.92 Å². The van der Waals surface area contributed by atoms with Crippen molar-refractivity contribution in [2.45, 2.75) is 19.5 Å². The van der Waals surface area contributed by atoms with Crippen molar-refractivity contribution >= 4 is 12.2 Å². The topological polar surface area (TPSA) is 71.0 Å². The maximum Gasteiger partial charge on any atom is 0.127 e. The van der Waals surface area contributed by atoms with Crippen LogP contribution in [0.4, 0.5) is 0 Å². The monoisotopic (exact) mass is 433 g/mol. The predicted octanol–water partition coefficient (Wildman–Crippen LogP) is 4.29. The highest BCUT2D eigenvalue weighted by Gasteiger charge is 2.14. The van der Waals surface area contributed by atoms with Gasteiger partial charge in [0.1, 0.15) is 11.5 Å². The molecule has 0 aliphatic carbocycles. The van der Waals surface area contributed by atoms with Crippen LogP contribution >= 0.6 is 0 Å². The van der Waals surface area contributed by atoms with Gasteiger partial charge < -0.3 is 25.0 Å². The van der Waals surface area contributed by atoms with Gasteiger partial charge in [0.05, 0.1) is 33.5 Å². The van der Waals surface area contributed by atoms with Gasteiger partial charge in [-0.2, -0.15) is 0 Å². The van der Waals surface area contributed by atoms with E-state index >= 15 is 0 Å². The second-order valence-corrected chi connectivity index (χ2v) is 7.57. The Kier molecular flexibility index (Phi) is 8.45. The van der Waals surface area contributed by atoms with E-state index in [1.165, 1.54) is 16.7 Å². The molecule has 32 heavy (non-hydrogen) atoms. The van der Waals surface area contributed by atoms with E-state index in [0.717, 1.165) is 16.7 Å². The van der Waals surface area contributed by atoms with Crippen LogP contribution in [0.15, 0.2) is 60.7 Å². The predicted molar refractivity (Wildman–Crippen MR) is 130 cm³/mol. The molecule has 0 amide bonds. The number of benzene rings is 3. The number of hydrogen-bond acceptors (Lipinski definition) is 5. The summed E-state index contributed by atoms with van der Waals surface area (Å²) in [5, 5.41) is 21.7. The average molecular weight is 434 g/mol. The Bertz CT molecular complexity index is 1020. The third-order valence-electron chi connectivity index (χ3n) is 5.55. The smallest absolute Gasteiger partial charge is 0.127 e. The molecule has 0 unspecified atom stereocenters. The Morgan fingerprint density at radius 2 is 1.53 bits per heavy atom. The Hall–Kier alpha value is -3.12. The molecule has 0 aromatic heterocycles. The Balaban J connectivity index is 1.89. The summed E-state index contributed by atoms with van der Waals surface area (Å²) in [7, 11) is 3.24. The Morgan fingerprint density at radius 1 is 0.875 bits per heavy atom. The van der Waals surface area contributed by atoms with E-state index in [9.17, 15) is 10.2 Å². The first-order valence-corrected chi connectivity index (χ1v) is 10.6. The van der Waals surface area contributed by atoms with Crippen molar-refractivity contribution in [3.05, 3.63) is 82.9 Å². The minimum atomic E-state index is -0.399. The molecule has 0 spiro atoms. The zero-order valence-corrected chi connectivity index (χ0v) is 18.8. The van der Waals surface area contributed by atoms with E-state index in [1.807, 2.05) is 24.3 Å². The van der Waals surface area contributed by atoms with Crippen molar-refractivity contribution in [1.82, 2.24) is 5.32 Å². The zero-order valence-electron chi connectivity index (χ0n) is 18.8. The van der Waals surface area contributed by atoms with Crippen molar-refractivity contribution in [2.75, 3.05) is 27.4 Å². The number of aliphatic hydroxyl groups excluding tert-OH is 2. The summed E-state index contributed by atoms with van der Waals surface area (Å²) in [6, 6.07) is 20.2. The van der Waals surface area contributed by atoms with Crippen LogP contribution in [0.2, 0.25) is 0 Å². The van der Waals surface area contributed by atoms with Crippen molar-refractivity contribution in [1.29, 1.82) is 0 Å². The van der Waals surface area contributed by atoms with Gasteiger partial charge in [0.25, 0.3) is 0 Å².